The Morgan fingerprint density at radius 3 is 2.19 bits per heavy atom. The van der Waals surface area contributed by atoms with E-state index in [4.69, 9.17) is 18.6 Å². The summed E-state index contributed by atoms with van der Waals surface area (Å²) in [5.74, 6) is 1.48. The lowest BCUT2D eigenvalue weighted by atomic mass is 10.1. The van der Waals surface area contributed by atoms with Crippen LogP contribution >= 0.6 is 0 Å². The van der Waals surface area contributed by atoms with Gasteiger partial charge in [0.2, 0.25) is 11.6 Å². The monoisotopic (exact) mass is 418 g/mol. The number of hydrogen-bond acceptors (Lipinski definition) is 6. The lowest BCUT2D eigenvalue weighted by molar-refractivity contribution is 0.102. The Labute approximate surface area is 179 Å². The van der Waals surface area contributed by atoms with Gasteiger partial charge in [-0.05, 0) is 61.0 Å². The van der Waals surface area contributed by atoms with E-state index < -0.39 is 0 Å². The second kappa shape index (κ2) is 8.39. The smallest absolute Gasteiger partial charge is 0.255 e. The van der Waals surface area contributed by atoms with Crippen LogP contribution in [0.4, 0.5) is 5.69 Å². The van der Waals surface area contributed by atoms with Crippen molar-refractivity contribution in [1.82, 2.24) is 4.98 Å². The molecule has 0 unspecified atom stereocenters. The van der Waals surface area contributed by atoms with Crippen molar-refractivity contribution >= 4 is 22.7 Å². The van der Waals surface area contributed by atoms with Crippen LogP contribution in [-0.2, 0) is 0 Å². The number of hydrogen-bond donors (Lipinski definition) is 1. The number of ether oxygens (including phenoxy) is 3. The Hall–Kier alpha value is -4.00. The molecular formula is C24H22N2O5. The molecule has 0 radical (unpaired) electrons. The van der Waals surface area contributed by atoms with Crippen LogP contribution < -0.4 is 19.5 Å². The van der Waals surface area contributed by atoms with E-state index >= 15 is 0 Å². The number of anilines is 1. The molecule has 1 heterocycles. The first-order valence-corrected chi connectivity index (χ1v) is 9.61. The third-order valence-corrected chi connectivity index (χ3v) is 4.86. The molecule has 0 aliphatic heterocycles. The largest absolute Gasteiger partial charge is 0.493 e. The standard InChI is InChI=1S/C24H22N2O5/c1-14-5-10-19-18(11-14)26-24(31-19)15-6-8-17(9-7-15)25-23(27)16-12-20(28-2)22(30-4)21(13-16)29-3/h5-13H,1-4H3,(H,25,27). The number of aryl methyl sites for hydroxylation is 1. The van der Waals surface area contributed by atoms with Gasteiger partial charge in [0.05, 0.1) is 21.3 Å². The number of oxazole rings is 1. The topological polar surface area (TPSA) is 82.8 Å². The molecule has 0 saturated carbocycles. The highest BCUT2D eigenvalue weighted by Crippen LogP contribution is 2.38. The summed E-state index contributed by atoms with van der Waals surface area (Å²) in [6, 6.07) is 16.4. The van der Waals surface area contributed by atoms with Gasteiger partial charge in [-0.1, -0.05) is 6.07 Å². The maximum atomic E-state index is 12.8. The van der Waals surface area contributed by atoms with E-state index in [-0.39, 0.29) is 5.91 Å². The summed E-state index contributed by atoms with van der Waals surface area (Å²) in [7, 11) is 4.52. The van der Waals surface area contributed by atoms with Crippen molar-refractivity contribution in [3.63, 3.8) is 0 Å². The van der Waals surface area contributed by atoms with Crippen molar-refractivity contribution in [2.24, 2.45) is 0 Å². The molecule has 1 aromatic heterocycles. The van der Waals surface area contributed by atoms with Gasteiger partial charge >= 0.3 is 0 Å². The van der Waals surface area contributed by atoms with Crippen molar-refractivity contribution in [1.29, 1.82) is 0 Å². The van der Waals surface area contributed by atoms with Gasteiger partial charge in [0.1, 0.15) is 5.52 Å². The molecular weight excluding hydrogens is 396 g/mol. The molecule has 3 aromatic carbocycles. The highest BCUT2D eigenvalue weighted by Gasteiger charge is 2.17. The summed E-state index contributed by atoms with van der Waals surface area (Å²) in [5.41, 5.74) is 4.51. The minimum Gasteiger partial charge on any atom is -0.493 e. The predicted molar refractivity (Wildman–Crippen MR) is 118 cm³/mol. The summed E-state index contributed by atoms with van der Waals surface area (Å²) in [6.45, 7) is 2.01. The average Bonchev–Trinajstić information content (AvgIpc) is 3.21. The summed E-state index contributed by atoms with van der Waals surface area (Å²) in [4.78, 5) is 17.3. The van der Waals surface area contributed by atoms with Crippen LogP contribution in [0.2, 0.25) is 0 Å². The van der Waals surface area contributed by atoms with Gasteiger partial charge in [0.25, 0.3) is 5.91 Å². The number of nitrogens with one attached hydrogen (secondary N) is 1. The third-order valence-electron chi connectivity index (χ3n) is 4.86. The molecule has 7 nitrogen and oxygen atoms in total. The van der Waals surface area contributed by atoms with E-state index in [0.29, 0.717) is 34.4 Å². The number of nitrogens with zero attached hydrogens (tertiary/aromatic N) is 1. The van der Waals surface area contributed by atoms with E-state index in [1.54, 1.807) is 24.3 Å². The Bertz CT molecular complexity index is 1220. The number of carbonyl (C=O) groups excluding carboxylic acids is 1. The lowest BCUT2D eigenvalue weighted by Crippen LogP contribution is -2.12. The van der Waals surface area contributed by atoms with Crippen LogP contribution in [0.3, 0.4) is 0 Å². The number of fused-ring (bicyclic) bond motifs is 1. The zero-order valence-electron chi connectivity index (χ0n) is 17.7. The molecule has 0 atom stereocenters. The molecule has 1 amide bonds. The van der Waals surface area contributed by atoms with Gasteiger partial charge in [-0.25, -0.2) is 4.98 Å². The molecule has 0 aliphatic rings. The number of methoxy groups -OCH3 is 3. The van der Waals surface area contributed by atoms with Crippen LogP contribution in [0, 0.1) is 6.92 Å². The van der Waals surface area contributed by atoms with Gasteiger partial charge in [-0.2, -0.15) is 0 Å². The van der Waals surface area contributed by atoms with Gasteiger partial charge in [-0.3, -0.25) is 4.79 Å². The molecule has 0 saturated heterocycles. The molecule has 4 rings (SSSR count). The number of amides is 1. The predicted octanol–water partition coefficient (Wildman–Crippen LogP) is 5.08. The maximum Gasteiger partial charge on any atom is 0.255 e. The highest BCUT2D eigenvalue weighted by molar-refractivity contribution is 6.05. The molecule has 0 fully saturated rings. The van der Waals surface area contributed by atoms with Gasteiger partial charge in [0.15, 0.2) is 17.1 Å². The van der Waals surface area contributed by atoms with Crippen LogP contribution in [-0.4, -0.2) is 32.2 Å². The average molecular weight is 418 g/mol. The van der Waals surface area contributed by atoms with Gasteiger partial charge < -0.3 is 23.9 Å². The van der Waals surface area contributed by atoms with E-state index in [1.807, 2.05) is 37.3 Å². The Morgan fingerprint density at radius 1 is 0.903 bits per heavy atom. The van der Waals surface area contributed by atoms with Crippen molar-refractivity contribution in [2.45, 2.75) is 6.92 Å². The minimum atomic E-state index is -0.302. The molecule has 31 heavy (non-hydrogen) atoms. The molecule has 4 aromatic rings. The van der Waals surface area contributed by atoms with E-state index in [1.165, 1.54) is 21.3 Å². The van der Waals surface area contributed by atoms with Crippen molar-refractivity contribution in [3.8, 4) is 28.7 Å². The fourth-order valence-corrected chi connectivity index (χ4v) is 3.27. The summed E-state index contributed by atoms with van der Waals surface area (Å²) in [5, 5.41) is 2.87. The third kappa shape index (κ3) is 4.02. The number of carbonyl (C=O) groups is 1. The molecule has 0 aliphatic carbocycles. The molecule has 0 spiro atoms. The first-order chi connectivity index (χ1) is 15.0. The van der Waals surface area contributed by atoms with Crippen LogP contribution in [0.1, 0.15) is 15.9 Å². The maximum absolute atomic E-state index is 12.8. The molecule has 158 valence electrons. The quantitative estimate of drug-likeness (QED) is 0.470. The first-order valence-electron chi connectivity index (χ1n) is 9.61. The normalized spacial score (nSPS) is 10.7. The lowest BCUT2D eigenvalue weighted by Gasteiger charge is -2.14. The Kier molecular flexibility index (Phi) is 5.49. The minimum absolute atomic E-state index is 0.302. The Balaban J connectivity index is 1.55. The number of aromatic nitrogens is 1. The van der Waals surface area contributed by atoms with Crippen molar-refractivity contribution in [2.75, 3.05) is 26.6 Å². The highest BCUT2D eigenvalue weighted by atomic mass is 16.5. The second-order valence-electron chi connectivity index (χ2n) is 6.94. The van der Waals surface area contributed by atoms with Gasteiger partial charge in [-0.15, -0.1) is 0 Å². The van der Waals surface area contributed by atoms with E-state index in [9.17, 15) is 4.79 Å². The SMILES string of the molecule is COc1cc(C(=O)Nc2ccc(-c3nc4cc(C)ccc4o3)cc2)cc(OC)c1OC. The Morgan fingerprint density at radius 2 is 1.58 bits per heavy atom. The zero-order chi connectivity index (χ0) is 22.0. The van der Waals surface area contributed by atoms with E-state index in [0.717, 1.165) is 22.2 Å². The van der Waals surface area contributed by atoms with Crippen LogP contribution in [0.25, 0.3) is 22.6 Å². The van der Waals surface area contributed by atoms with Crippen molar-refractivity contribution < 1.29 is 23.4 Å². The van der Waals surface area contributed by atoms with Crippen LogP contribution in [0.15, 0.2) is 59.0 Å². The fourth-order valence-electron chi connectivity index (χ4n) is 3.27. The first kappa shape index (κ1) is 20.3. The summed E-state index contributed by atoms with van der Waals surface area (Å²) >= 11 is 0. The molecule has 0 bridgehead atoms. The zero-order valence-corrected chi connectivity index (χ0v) is 17.7. The summed E-state index contributed by atoms with van der Waals surface area (Å²) < 4.78 is 21.8. The van der Waals surface area contributed by atoms with Crippen molar-refractivity contribution in [3.05, 3.63) is 65.7 Å². The fraction of sp³-hybridized carbons (Fsp3) is 0.167. The molecule has 1 N–H and O–H groups in total. The number of rotatable bonds is 6. The van der Waals surface area contributed by atoms with Gasteiger partial charge in [0, 0.05) is 16.8 Å². The van der Waals surface area contributed by atoms with Crippen LogP contribution in [0.5, 0.6) is 17.2 Å². The second-order valence-corrected chi connectivity index (χ2v) is 6.94. The van der Waals surface area contributed by atoms with E-state index in [2.05, 4.69) is 10.3 Å². The molecule has 7 heteroatoms. The summed E-state index contributed by atoms with van der Waals surface area (Å²) in [6.07, 6.45) is 0. The number of benzene rings is 3.